The second-order valence-electron chi connectivity index (χ2n) is 2.15. The van der Waals surface area contributed by atoms with Crippen LogP contribution in [0.4, 0.5) is 0 Å². The Hall–Kier alpha value is -0.610. The highest BCUT2D eigenvalue weighted by atomic mass is 16.4. The molecule has 0 spiro atoms. The smallest absolute Gasteiger partial charge is 0.0763 e. The number of hydrogen-bond donors (Lipinski definition) is 3. The summed E-state index contributed by atoms with van der Waals surface area (Å²) in [6.07, 6.45) is 0.762. The molecule has 1 aliphatic rings. The van der Waals surface area contributed by atoms with Gasteiger partial charge in [-0.15, -0.1) is 0 Å². The van der Waals surface area contributed by atoms with Gasteiger partial charge >= 0.3 is 0 Å². The lowest BCUT2D eigenvalue weighted by Crippen LogP contribution is -2.46. The second kappa shape index (κ2) is 2.80. The normalized spacial score (nSPS) is 33.0. The van der Waals surface area contributed by atoms with Gasteiger partial charge in [0.15, 0.2) is 0 Å². The molecular formula is C5H11N3O. The van der Waals surface area contributed by atoms with E-state index in [1.54, 1.807) is 0 Å². The van der Waals surface area contributed by atoms with Crippen LogP contribution >= 0.6 is 0 Å². The van der Waals surface area contributed by atoms with Crippen molar-refractivity contribution in [3.63, 3.8) is 0 Å². The molecule has 4 N–H and O–H groups in total. The van der Waals surface area contributed by atoms with Crippen molar-refractivity contribution >= 4 is 5.71 Å². The Bertz CT molecular complexity index is 123. The molecule has 0 saturated carbocycles. The molecule has 52 valence electrons. The largest absolute Gasteiger partial charge is 0.411 e. The van der Waals surface area contributed by atoms with Gasteiger partial charge in [-0.1, -0.05) is 5.16 Å². The minimum atomic E-state index is -0.0938. The van der Waals surface area contributed by atoms with E-state index in [1.807, 2.05) is 0 Å². The molecule has 0 aliphatic carbocycles. The number of oxime groups is 1. The van der Waals surface area contributed by atoms with E-state index in [9.17, 15) is 0 Å². The summed E-state index contributed by atoms with van der Waals surface area (Å²) in [5.41, 5.74) is 6.24. The van der Waals surface area contributed by atoms with Gasteiger partial charge in [0, 0.05) is 19.5 Å². The molecule has 1 rings (SSSR count). The van der Waals surface area contributed by atoms with Crippen molar-refractivity contribution in [2.75, 3.05) is 13.1 Å². The highest BCUT2D eigenvalue weighted by Crippen LogP contribution is 1.95. The van der Waals surface area contributed by atoms with E-state index in [0.29, 0.717) is 5.71 Å². The average molecular weight is 129 g/mol. The molecule has 1 unspecified atom stereocenters. The van der Waals surface area contributed by atoms with Gasteiger partial charge in [-0.05, 0) is 0 Å². The first-order chi connectivity index (χ1) is 4.34. The van der Waals surface area contributed by atoms with Gasteiger partial charge in [-0.25, -0.2) is 0 Å². The predicted molar refractivity (Wildman–Crippen MR) is 34.7 cm³/mol. The van der Waals surface area contributed by atoms with E-state index < -0.39 is 0 Å². The lowest BCUT2D eigenvalue weighted by Gasteiger charge is -2.19. The second-order valence-corrected chi connectivity index (χ2v) is 2.15. The number of nitrogens with zero attached hydrogens (tertiary/aromatic N) is 1. The Kier molecular flexibility index (Phi) is 2.02. The topological polar surface area (TPSA) is 70.6 Å². The fourth-order valence-corrected chi connectivity index (χ4v) is 0.901. The fraction of sp³-hybridized carbons (Fsp3) is 0.800. The van der Waals surface area contributed by atoms with Gasteiger partial charge in [0.25, 0.3) is 0 Å². The zero-order valence-corrected chi connectivity index (χ0v) is 5.17. The summed E-state index contributed by atoms with van der Waals surface area (Å²) in [6, 6.07) is -0.0938. The van der Waals surface area contributed by atoms with Crippen LogP contribution in [-0.2, 0) is 0 Å². The maximum Gasteiger partial charge on any atom is 0.0763 e. The molecule has 9 heavy (non-hydrogen) atoms. The van der Waals surface area contributed by atoms with E-state index in [4.69, 9.17) is 10.9 Å². The van der Waals surface area contributed by atoms with Gasteiger partial charge < -0.3 is 16.3 Å². The minimum Gasteiger partial charge on any atom is -0.411 e. The van der Waals surface area contributed by atoms with Gasteiger partial charge in [-0.2, -0.15) is 0 Å². The maximum absolute atomic E-state index is 8.34. The number of nitrogens with two attached hydrogens (primary N) is 1. The predicted octanol–water partition coefficient (Wildman–Crippen LogP) is -0.863. The number of piperidine rings is 1. The molecule has 1 heterocycles. The summed E-state index contributed by atoms with van der Waals surface area (Å²) in [5, 5.41) is 14.5. The first-order valence-corrected chi connectivity index (χ1v) is 3.01. The third kappa shape index (κ3) is 1.40. The van der Waals surface area contributed by atoms with Crippen molar-refractivity contribution < 1.29 is 5.21 Å². The Morgan fingerprint density at radius 2 is 2.56 bits per heavy atom. The zero-order valence-electron chi connectivity index (χ0n) is 5.17. The summed E-state index contributed by atoms with van der Waals surface area (Å²) in [5.74, 6) is 0. The molecule has 0 aromatic heterocycles. The summed E-state index contributed by atoms with van der Waals surface area (Å²) in [4.78, 5) is 0. The van der Waals surface area contributed by atoms with E-state index >= 15 is 0 Å². The molecular weight excluding hydrogens is 118 g/mol. The fourth-order valence-electron chi connectivity index (χ4n) is 0.901. The molecule has 0 amide bonds. The van der Waals surface area contributed by atoms with Crippen LogP contribution in [-0.4, -0.2) is 30.1 Å². The summed E-state index contributed by atoms with van der Waals surface area (Å²) in [6.45, 7) is 1.59. The summed E-state index contributed by atoms with van der Waals surface area (Å²) < 4.78 is 0. The van der Waals surface area contributed by atoms with Crippen LogP contribution in [0.5, 0.6) is 0 Å². The molecule has 0 aromatic carbocycles. The van der Waals surface area contributed by atoms with Crippen LogP contribution in [0.15, 0.2) is 5.16 Å². The Labute approximate surface area is 53.7 Å². The number of hydrogen-bond acceptors (Lipinski definition) is 4. The standard InChI is InChI=1S/C5H11N3O/c6-4-3-7-2-1-5(4)8-9/h4,7,9H,1-3,6H2. The Morgan fingerprint density at radius 3 is 3.00 bits per heavy atom. The average Bonchev–Trinajstić information content (AvgIpc) is 1.89. The monoisotopic (exact) mass is 129 g/mol. The van der Waals surface area contributed by atoms with Crippen LogP contribution in [0.25, 0.3) is 0 Å². The molecule has 0 aromatic rings. The molecule has 4 heteroatoms. The van der Waals surface area contributed by atoms with Gasteiger partial charge in [-0.3, -0.25) is 0 Å². The lowest BCUT2D eigenvalue weighted by atomic mass is 10.1. The molecule has 1 saturated heterocycles. The molecule has 4 nitrogen and oxygen atoms in total. The van der Waals surface area contributed by atoms with Gasteiger partial charge in [0.05, 0.1) is 11.8 Å². The van der Waals surface area contributed by atoms with Crippen LogP contribution in [0, 0.1) is 0 Å². The molecule has 1 aliphatic heterocycles. The number of nitrogens with one attached hydrogen (secondary N) is 1. The Balaban J connectivity index is 2.49. The SMILES string of the molecule is NC1CNCCC1=NO. The van der Waals surface area contributed by atoms with E-state index in [-0.39, 0.29) is 6.04 Å². The third-order valence-electron chi connectivity index (χ3n) is 1.48. The zero-order chi connectivity index (χ0) is 6.69. The Morgan fingerprint density at radius 1 is 1.78 bits per heavy atom. The van der Waals surface area contributed by atoms with Crippen molar-refractivity contribution in [1.29, 1.82) is 0 Å². The van der Waals surface area contributed by atoms with Crippen molar-refractivity contribution in [3.05, 3.63) is 0 Å². The first-order valence-electron chi connectivity index (χ1n) is 3.01. The van der Waals surface area contributed by atoms with Crippen LogP contribution in [0.3, 0.4) is 0 Å². The molecule has 0 bridgehead atoms. The first kappa shape index (κ1) is 6.51. The quantitative estimate of drug-likeness (QED) is 0.294. The highest BCUT2D eigenvalue weighted by Gasteiger charge is 2.15. The minimum absolute atomic E-state index is 0.0938. The van der Waals surface area contributed by atoms with Crippen molar-refractivity contribution in [3.8, 4) is 0 Å². The van der Waals surface area contributed by atoms with E-state index in [2.05, 4.69) is 10.5 Å². The third-order valence-corrected chi connectivity index (χ3v) is 1.48. The van der Waals surface area contributed by atoms with E-state index in [0.717, 1.165) is 19.5 Å². The number of rotatable bonds is 0. The van der Waals surface area contributed by atoms with Crippen LogP contribution < -0.4 is 11.1 Å². The van der Waals surface area contributed by atoms with E-state index in [1.165, 1.54) is 0 Å². The van der Waals surface area contributed by atoms with Crippen molar-refractivity contribution in [2.45, 2.75) is 12.5 Å². The lowest BCUT2D eigenvalue weighted by molar-refractivity contribution is 0.313. The molecule has 0 radical (unpaired) electrons. The molecule has 1 fully saturated rings. The molecule has 1 atom stereocenters. The van der Waals surface area contributed by atoms with Gasteiger partial charge in [0.2, 0.25) is 0 Å². The van der Waals surface area contributed by atoms with Crippen LogP contribution in [0.1, 0.15) is 6.42 Å². The maximum atomic E-state index is 8.34. The van der Waals surface area contributed by atoms with Gasteiger partial charge in [0.1, 0.15) is 0 Å². The van der Waals surface area contributed by atoms with Crippen molar-refractivity contribution in [1.82, 2.24) is 5.32 Å². The van der Waals surface area contributed by atoms with Crippen LogP contribution in [0.2, 0.25) is 0 Å². The summed E-state index contributed by atoms with van der Waals surface area (Å²) in [7, 11) is 0. The highest BCUT2D eigenvalue weighted by molar-refractivity contribution is 5.89. The summed E-state index contributed by atoms with van der Waals surface area (Å²) >= 11 is 0. The van der Waals surface area contributed by atoms with Crippen molar-refractivity contribution in [2.24, 2.45) is 10.9 Å².